The minimum absolute atomic E-state index is 0.125. The van der Waals surface area contributed by atoms with Crippen LogP contribution in [0.3, 0.4) is 0 Å². The molecule has 8 heteroatoms. The van der Waals surface area contributed by atoms with Crippen molar-refractivity contribution in [2.45, 2.75) is 32.1 Å². The van der Waals surface area contributed by atoms with Crippen LogP contribution in [0.25, 0.3) is 0 Å². The van der Waals surface area contributed by atoms with Crippen LogP contribution in [0.2, 0.25) is 0 Å². The molecule has 2 aliphatic rings. The second-order valence-electron chi connectivity index (χ2n) is 10.0. The molecule has 40 heavy (non-hydrogen) atoms. The first-order chi connectivity index (χ1) is 19.4. The zero-order valence-corrected chi connectivity index (χ0v) is 22.2. The third-order valence-corrected chi connectivity index (χ3v) is 7.13. The van der Waals surface area contributed by atoms with Gasteiger partial charge in [-0.3, -0.25) is 19.6 Å². The van der Waals surface area contributed by atoms with Crippen LogP contribution in [0.5, 0.6) is 0 Å². The second kappa shape index (κ2) is 12.1. The lowest BCUT2D eigenvalue weighted by atomic mass is 10.0. The Hall–Kier alpha value is -4.59. The zero-order chi connectivity index (χ0) is 28.1. The van der Waals surface area contributed by atoms with Crippen LogP contribution in [-0.2, 0) is 4.79 Å². The van der Waals surface area contributed by atoms with Gasteiger partial charge in [0.2, 0.25) is 0 Å². The van der Waals surface area contributed by atoms with E-state index in [1.54, 1.807) is 29.2 Å². The Morgan fingerprint density at radius 1 is 0.925 bits per heavy atom. The van der Waals surface area contributed by atoms with E-state index in [4.69, 9.17) is 15.1 Å². The van der Waals surface area contributed by atoms with Gasteiger partial charge in [0.15, 0.2) is 0 Å². The number of rotatable bonds is 8. The molecule has 0 aromatic heterocycles. The minimum atomic E-state index is -0.803. The molecule has 1 saturated heterocycles. The molecule has 0 bridgehead atoms. The van der Waals surface area contributed by atoms with Crippen molar-refractivity contribution < 1.29 is 19.1 Å². The molecule has 7 nitrogen and oxygen atoms in total. The number of carbonyl (C=O) groups is 2. The summed E-state index contributed by atoms with van der Waals surface area (Å²) in [6, 6.07) is 21.6. The molecule has 204 valence electrons. The van der Waals surface area contributed by atoms with E-state index < -0.39 is 5.97 Å². The Labute approximate surface area is 233 Å². The van der Waals surface area contributed by atoms with E-state index in [9.17, 15) is 14.0 Å². The van der Waals surface area contributed by atoms with E-state index in [-0.39, 0.29) is 18.1 Å². The minimum Gasteiger partial charge on any atom is -0.481 e. The van der Waals surface area contributed by atoms with Crippen molar-refractivity contribution in [3.8, 4) is 0 Å². The summed E-state index contributed by atoms with van der Waals surface area (Å²) in [5.41, 5.74) is 6.18. The quantitative estimate of drug-likeness (QED) is 0.330. The molecule has 1 fully saturated rings. The average molecular weight is 539 g/mol. The lowest BCUT2D eigenvalue weighted by Crippen LogP contribution is -2.46. The third-order valence-electron chi connectivity index (χ3n) is 7.13. The number of unbranched alkanes of at least 4 members (excludes halogenated alkanes) is 1. The van der Waals surface area contributed by atoms with Crippen LogP contribution in [0.1, 0.15) is 48.0 Å². The fourth-order valence-corrected chi connectivity index (χ4v) is 5.01. The summed E-state index contributed by atoms with van der Waals surface area (Å²) in [4.78, 5) is 38.1. The Kier molecular flexibility index (Phi) is 8.15. The molecule has 1 N–H and O–H groups in total. The highest BCUT2D eigenvalue weighted by molar-refractivity contribution is 6.15. The lowest BCUT2D eigenvalue weighted by Gasteiger charge is -2.37. The van der Waals surface area contributed by atoms with Gasteiger partial charge in [-0.05, 0) is 67.3 Å². The molecular formula is C32H31FN4O3. The smallest absolute Gasteiger partial charge is 0.303 e. The molecule has 0 radical (unpaired) electrons. The number of aliphatic imine (C=N–C) groups is 2. The summed E-state index contributed by atoms with van der Waals surface area (Å²) in [6.07, 6.45) is 2.61. The molecule has 0 aliphatic carbocycles. The Morgan fingerprint density at radius 2 is 1.70 bits per heavy atom. The molecule has 2 heterocycles. The molecule has 3 aromatic rings. The van der Waals surface area contributed by atoms with Crippen molar-refractivity contribution in [1.29, 1.82) is 0 Å². The molecular weight excluding hydrogens is 507 g/mol. The molecule has 0 saturated carbocycles. The first-order valence-corrected chi connectivity index (χ1v) is 13.4. The number of benzene rings is 3. The van der Waals surface area contributed by atoms with Gasteiger partial charge in [-0.2, -0.15) is 0 Å². The fraction of sp³-hybridized carbons (Fsp3) is 0.250. The average Bonchev–Trinajstić information content (AvgIpc) is 3.14. The number of halogens is 1. The monoisotopic (exact) mass is 538 g/mol. The Morgan fingerprint density at radius 3 is 2.42 bits per heavy atom. The first-order valence-electron chi connectivity index (χ1n) is 13.4. The maximum atomic E-state index is 13.6. The van der Waals surface area contributed by atoms with Gasteiger partial charge in [-0.1, -0.05) is 36.9 Å². The van der Waals surface area contributed by atoms with Gasteiger partial charge in [0.05, 0.1) is 23.6 Å². The fourth-order valence-electron chi connectivity index (χ4n) is 5.01. The van der Waals surface area contributed by atoms with Gasteiger partial charge in [0.1, 0.15) is 5.82 Å². The predicted octanol–water partition coefficient (Wildman–Crippen LogP) is 6.54. The number of hydrogen-bond acceptors (Lipinski definition) is 5. The SMILES string of the molecule is C=C1CN(c2ccc(F)cc2)CCN1C(=O)c1ccc2c(c1)N=C(CCCCC(=O)O)CC(c1ccccc1)=N2. The molecule has 0 unspecified atom stereocenters. The summed E-state index contributed by atoms with van der Waals surface area (Å²) >= 11 is 0. The van der Waals surface area contributed by atoms with E-state index in [2.05, 4.69) is 11.5 Å². The lowest BCUT2D eigenvalue weighted by molar-refractivity contribution is -0.137. The number of amides is 1. The standard InChI is InChI=1S/C32H31FN4O3/c1-22-21-36(27-14-12-25(33)13-15-27)17-18-37(22)32(40)24-11-16-28-30(19-24)34-26(9-5-6-10-31(38)39)20-29(35-28)23-7-3-2-4-8-23/h2-4,7-8,11-16,19H,1,5-6,9-10,17-18,20-21H2,(H,38,39). The van der Waals surface area contributed by atoms with Crippen molar-refractivity contribution in [1.82, 2.24) is 4.90 Å². The number of anilines is 1. The van der Waals surface area contributed by atoms with Gasteiger partial charge in [-0.25, -0.2) is 4.39 Å². The van der Waals surface area contributed by atoms with Gasteiger partial charge in [-0.15, -0.1) is 0 Å². The number of carboxylic acids is 1. The number of carbonyl (C=O) groups excluding carboxylic acids is 1. The normalized spacial score (nSPS) is 15.2. The molecule has 1 amide bonds. The summed E-state index contributed by atoms with van der Waals surface area (Å²) in [7, 11) is 0. The largest absolute Gasteiger partial charge is 0.481 e. The van der Waals surface area contributed by atoms with E-state index in [0.717, 1.165) is 22.7 Å². The van der Waals surface area contributed by atoms with Gasteiger partial charge in [0.25, 0.3) is 5.91 Å². The number of piperazine rings is 1. The number of carboxylic acid groups (broad SMARTS) is 1. The molecule has 3 aromatic carbocycles. The van der Waals surface area contributed by atoms with Crippen molar-refractivity contribution in [3.05, 3.63) is 102 Å². The van der Waals surface area contributed by atoms with E-state index >= 15 is 0 Å². The summed E-state index contributed by atoms with van der Waals surface area (Å²) in [5, 5.41) is 9.00. The topological polar surface area (TPSA) is 85.6 Å². The highest BCUT2D eigenvalue weighted by Gasteiger charge is 2.26. The number of aliphatic carboxylic acids is 1. The van der Waals surface area contributed by atoms with Crippen molar-refractivity contribution in [2.24, 2.45) is 9.98 Å². The van der Waals surface area contributed by atoms with Gasteiger partial charge >= 0.3 is 5.97 Å². The van der Waals surface area contributed by atoms with E-state index in [1.807, 2.05) is 36.4 Å². The Bertz CT molecular complexity index is 1480. The van der Waals surface area contributed by atoms with E-state index in [1.165, 1.54) is 12.1 Å². The van der Waals surface area contributed by atoms with Crippen LogP contribution >= 0.6 is 0 Å². The van der Waals surface area contributed by atoms with Crippen LogP contribution in [-0.4, -0.2) is 52.9 Å². The van der Waals surface area contributed by atoms with Crippen molar-refractivity contribution in [2.75, 3.05) is 24.5 Å². The highest BCUT2D eigenvalue weighted by Crippen LogP contribution is 2.34. The van der Waals surface area contributed by atoms with E-state index in [0.29, 0.717) is 68.0 Å². The van der Waals surface area contributed by atoms with Gasteiger partial charge in [0, 0.05) is 48.6 Å². The van der Waals surface area contributed by atoms with Crippen LogP contribution in [0.15, 0.2) is 95.1 Å². The highest BCUT2D eigenvalue weighted by atomic mass is 19.1. The predicted molar refractivity (Wildman–Crippen MR) is 156 cm³/mol. The Balaban J connectivity index is 1.37. The summed E-state index contributed by atoms with van der Waals surface area (Å²) < 4.78 is 13.3. The first kappa shape index (κ1) is 27.0. The number of fused-ring (bicyclic) bond motifs is 1. The number of hydrogen-bond donors (Lipinski definition) is 1. The zero-order valence-electron chi connectivity index (χ0n) is 22.2. The maximum absolute atomic E-state index is 13.6. The van der Waals surface area contributed by atoms with Crippen LogP contribution in [0, 0.1) is 5.82 Å². The van der Waals surface area contributed by atoms with Gasteiger partial charge < -0.3 is 14.9 Å². The van der Waals surface area contributed by atoms with Crippen molar-refractivity contribution in [3.63, 3.8) is 0 Å². The molecule has 5 rings (SSSR count). The summed E-state index contributed by atoms with van der Waals surface area (Å²) in [5.74, 6) is -1.24. The third kappa shape index (κ3) is 6.34. The maximum Gasteiger partial charge on any atom is 0.303 e. The molecule has 2 aliphatic heterocycles. The van der Waals surface area contributed by atoms with Crippen LogP contribution in [0.4, 0.5) is 21.5 Å². The van der Waals surface area contributed by atoms with Crippen LogP contribution < -0.4 is 4.90 Å². The summed E-state index contributed by atoms with van der Waals surface area (Å²) in [6.45, 7) is 5.67. The number of nitrogens with zero attached hydrogens (tertiary/aromatic N) is 4. The second-order valence-corrected chi connectivity index (χ2v) is 10.0. The molecule has 0 atom stereocenters. The van der Waals surface area contributed by atoms with Crippen molar-refractivity contribution >= 4 is 40.4 Å². The molecule has 0 spiro atoms.